The molecular weight excluding hydrogens is 222 g/mol. The van der Waals surface area contributed by atoms with E-state index in [1.165, 1.54) is 10.9 Å². The Balaban J connectivity index is 2.58. The number of nitrogens with zero attached hydrogens (tertiary/aromatic N) is 2. The molecule has 1 rings (SSSR count). The average molecular weight is 234 g/mol. The molecule has 0 aliphatic heterocycles. The van der Waals surface area contributed by atoms with Crippen molar-refractivity contribution in [3.63, 3.8) is 0 Å². The van der Waals surface area contributed by atoms with Gasteiger partial charge in [-0.15, -0.1) is 0 Å². The first kappa shape index (κ1) is 11.8. The summed E-state index contributed by atoms with van der Waals surface area (Å²) >= 11 is 5.65. The first-order chi connectivity index (χ1) is 7.04. The molecule has 1 heterocycles. The molecule has 84 valence electrons. The smallest absolute Gasteiger partial charge is 0.336 e. The van der Waals surface area contributed by atoms with Crippen LogP contribution in [0, 0.1) is 0 Å². The standard InChI is InChI=1S/C8H12ClN3O3/c1-2-15-8(14)6(13)4-12-3-5(9)7(10)11-12/h3,6,13H,2,4H2,1H3,(H2,10,11). The lowest BCUT2D eigenvalue weighted by Gasteiger charge is -2.08. The Morgan fingerprint density at radius 1 is 1.87 bits per heavy atom. The molecule has 1 aromatic rings. The topological polar surface area (TPSA) is 90.4 Å². The number of nitrogens with two attached hydrogens (primary N) is 1. The van der Waals surface area contributed by atoms with Gasteiger partial charge >= 0.3 is 5.97 Å². The number of anilines is 1. The highest BCUT2D eigenvalue weighted by atomic mass is 35.5. The number of hydrogen-bond acceptors (Lipinski definition) is 5. The number of halogens is 1. The van der Waals surface area contributed by atoms with E-state index in [0.29, 0.717) is 0 Å². The maximum Gasteiger partial charge on any atom is 0.336 e. The molecule has 6 nitrogen and oxygen atoms in total. The second-order valence-electron chi connectivity index (χ2n) is 2.85. The van der Waals surface area contributed by atoms with Gasteiger partial charge in [-0.2, -0.15) is 5.10 Å². The number of esters is 1. The van der Waals surface area contributed by atoms with E-state index in [2.05, 4.69) is 9.84 Å². The fraction of sp³-hybridized carbons (Fsp3) is 0.500. The van der Waals surface area contributed by atoms with Gasteiger partial charge in [0.2, 0.25) is 0 Å². The van der Waals surface area contributed by atoms with Crippen molar-refractivity contribution in [2.24, 2.45) is 0 Å². The van der Waals surface area contributed by atoms with Crippen molar-refractivity contribution in [2.75, 3.05) is 12.3 Å². The van der Waals surface area contributed by atoms with Crippen molar-refractivity contribution in [1.82, 2.24) is 9.78 Å². The number of aliphatic hydroxyl groups excluding tert-OH is 1. The van der Waals surface area contributed by atoms with Gasteiger partial charge in [0.15, 0.2) is 11.9 Å². The molecule has 0 saturated heterocycles. The van der Waals surface area contributed by atoms with Crippen LogP contribution in [0.3, 0.4) is 0 Å². The molecule has 0 fully saturated rings. The first-order valence-corrected chi connectivity index (χ1v) is 4.75. The van der Waals surface area contributed by atoms with Crippen molar-refractivity contribution >= 4 is 23.4 Å². The molecule has 0 bridgehead atoms. The van der Waals surface area contributed by atoms with Crippen LogP contribution in [0.15, 0.2) is 6.20 Å². The van der Waals surface area contributed by atoms with E-state index in [1.54, 1.807) is 6.92 Å². The van der Waals surface area contributed by atoms with Crippen molar-refractivity contribution in [3.8, 4) is 0 Å². The van der Waals surface area contributed by atoms with Crippen LogP contribution in [0.25, 0.3) is 0 Å². The molecule has 0 aliphatic carbocycles. The zero-order valence-corrected chi connectivity index (χ0v) is 8.94. The summed E-state index contributed by atoms with van der Waals surface area (Å²) < 4.78 is 5.91. The Morgan fingerprint density at radius 2 is 2.53 bits per heavy atom. The average Bonchev–Trinajstić information content (AvgIpc) is 2.46. The van der Waals surface area contributed by atoms with Crippen molar-refractivity contribution in [3.05, 3.63) is 11.2 Å². The Kier molecular flexibility index (Phi) is 3.93. The van der Waals surface area contributed by atoms with Gasteiger partial charge in [0.05, 0.1) is 13.2 Å². The molecule has 1 atom stereocenters. The lowest BCUT2D eigenvalue weighted by Crippen LogP contribution is -2.28. The number of carbonyl (C=O) groups excluding carboxylic acids is 1. The minimum absolute atomic E-state index is 0.0320. The lowest BCUT2D eigenvalue weighted by atomic mass is 10.3. The molecule has 7 heteroatoms. The van der Waals surface area contributed by atoms with E-state index in [0.717, 1.165) is 0 Å². The molecule has 0 radical (unpaired) electrons. The van der Waals surface area contributed by atoms with E-state index < -0.39 is 12.1 Å². The summed E-state index contributed by atoms with van der Waals surface area (Å²) in [7, 11) is 0. The van der Waals surface area contributed by atoms with E-state index in [1.807, 2.05) is 0 Å². The Bertz CT molecular complexity index is 333. The van der Waals surface area contributed by atoms with E-state index in [4.69, 9.17) is 17.3 Å². The van der Waals surface area contributed by atoms with Gasteiger partial charge in [-0.3, -0.25) is 4.68 Å². The van der Waals surface area contributed by atoms with Gasteiger partial charge in [0.1, 0.15) is 5.02 Å². The number of carbonyl (C=O) groups is 1. The quantitative estimate of drug-likeness (QED) is 0.717. The number of aliphatic hydroxyl groups is 1. The van der Waals surface area contributed by atoms with E-state index >= 15 is 0 Å². The van der Waals surface area contributed by atoms with Crippen molar-refractivity contribution in [2.45, 2.75) is 19.6 Å². The van der Waals surface area contributed by atoms with E-state index in [-0.39, 0.29) is 24.0 Å². The van der Waals surface area contributed by atoms with Gasteiger partial charge in [-0.25, -0.2) is 4.79 Å². The van der Waals surface area contributed by atoms with Gasteiger partial charge in [-0.05, 0) is 6.92 Å². The summed E-state index contributed by atoms with van der Waals surface area (Å²) in [5.41, 5.74) is 5.39. The zero-order valence-electron chi connectivity index (χ0n) is 8.18. The third kappa shape index (κ3) is 3.10. The number of nitrogen functional groups attached to an aromatic ring is 1. The maximum absolute atomic E-state index is 11.1. The van der Waals surface area contributed by atoms with Crippen LogP contribution in [0.4, 0.5) is 5.82 Å². The molecule has 0 aromatic carbocycles. The van der Waals surface area contributed by atoms with E-state index in [9.17, 15) is 9.90 Å². The highest BCUT2D eigenvalue weighted by Gasteiger charge is 2.17. The van der Waals surface area contributed by atoms with Crippen LogP contribution in [0.2, 0.25) is 5.02 Å². The van der Waals surface area contributed by atoms with Crippen LogP contribution in [-0.4, -0.2) is 33.6 Å². The summed E-state index contributed by atoms with van der Waals surface area (Å²) in [4.78, 5) is 11.1. The van der Waals surface area contributed by atoms with Crippen LogP contribution in [-0.2, 0) is 16.1 Å². The minimum Gasteiger partial charge on any atom is -0.464 e. The van der Waals surface area contributed by atoms with Gasteiger partial charge in [0.25, 0.3) is 0 Å². The zero-order chi connectivity index (χ0) is 11.4. The second kappa shape index (κ2) is 4.99. The number of ether oxygens (including phenoxy) is 1. The fourth-order valence-corrected chi connectivity index (χ4v) is 1.15. The van der Waals surface area contributed by atoms with Gasteiger partial charge in [0, 0.05) is 6.20 Å². The van der Waals surface area contributed by atoms with Gasteiger partial charge in [-0.1, -0.05) is 11.6 Å². The molecule has 3 N–H and O–H groups in total. The van der Waals surface area contributed by atoms with Crippen LogP contribution in [0.5, 0.6) is 0 Å². The van der Waals surface area contributed by atoms with Crippen LogP contribution >= 0.6 is 11.6 Å². The molecule has 0 aliphatic rings. The maximum atomic E-state index is 11.1. The normalized spacial score (nSPS) is 12.5. The van der Waals surface area contributed by atoms with Crippen LogP contribution in [0.1, 0.15) is 6.92 Å². The Morgan fingerprint density at radius 3 is 3.00 bits per heavy atom. The largest absolute Gasteiger partial charge is 0.464 e. The predicted molar refractivity (Wildman–Crippen MR) is 54.3 cm³/mol. The third-order valence-corrected chi connectivity index (χ3v) is 1.95. The summed E-state index contributed by atoms with van der Waals surface area (Å²) in [5, 5.41) is 13.5. The number of hydrogen-bond donors (Lipinski definition) is 2. The van der Waals surface area contributed by atoms with Crippen molar-refractivity contribution < 1.29 is 14.6 Å². The molecule has 0 saturated carbocycles. The fourth-order valence-electron chi connectivity index (χ4n) is 0.996. The highest BCUT2D eigenvalue weighted by molar-refractivity contribution is 6.32. The third-order valence-electron chi connectivity index (χ3n) is 1.66. The molecule has 1 unspecified atom stereocenters. The highest BCUT2D eigenvalue weighted by Crippen LogP contribution is 2.15. The SMILES string of the molecule is CCOC(=O)C(O)Cn1cc(Cl)c(N)n1. The lowest BCUT2D eigenvalue weighted by molar-refractivity contribution is -0.153. The Labute approximate surface area is 91.6 Å². The molecular formula is C8H12ClN3O3. The van der Waals surface area contributed by atoms with Gasteiger partial charge < -0.3 is 15.6 Å². The summed E-state index contributed by atoms with van der Waals surface area (Å²) in [6.07, 6.45) is 0.166. The van der Waals surface area contributed by atoms with Crippen molar-refractivity contribution in [1.29, 1.82) is 0 Å². The number of rotatable bonds is 4. The monoisotopic (exact) mass is 233 g/mol. The first-order valence-electron chi connectivity index (χ1n) is 4.37. The minimum atomic E-state index is -1.26. The second-order valence-corrected chi connectivity index (χ2v) is 3.26. The summed E-state index contributed by atoms with van der Waals surface area (Å²) in [5.74, 6) is -0.532. The molecule has 0 amide bonds. The van der Waals surface area contributed by atoms with Crippen LogP contribution < -0.4 is 5.73 Å². The summed E-state index contributed by atoms with van der Waals surface area (Å²) in [6, 6.07) is 0. The Hall–Kier alpha value is -1.27. The molecule has 1 aromatic heterocycles. The molecule has 0 spiro atoms. The number of aromatic nitrogens is 2. The summed E-state index contributed by atoms with van der Waals surface area (Å²) in [6.45, 7) is 1.85. The predicted octanol–water partition coefficient (Wildman–Crippen LogP) is 0.0427. The molecule has 15 heavy (non-hydrogen) atoms.